The van der Waals surface area contributed by atoms with Crippen LogP contribution in [-0.2, 0) is 0 Å². The SMILES string of the molecule is O=C(Nc1ncccn1)c1ccc(N2CCCC2)nn1. The van der Waals surface area contributed by atoms with Crippen LogP contribution in [0.25, 0.3) is 0 Å². The Morgan fingerprint density at radius 3 is 2.50 bits per heavy atom. The van der Waals surface area contributed by atoms with Crippen LogP contribution in [0.1, 0.15) is 23.3 Å². The van der Waals surface area contributed by atoms with Gasteiger partial charge >= 0.3 is 0 Å². The lowest BCUT2D eigenvalue weighted by Gasteiger charge is -2.15. The molecule has 3 heterocycles. The molecule has 2 aromatic rings. The van der Waals surface area contributed by atoms with Gasteiger partial charge in [0.2, 0.25) is 5.95 Å². The fraction of sp³-hybridized carbons (Fsp3) is 0.308. The molecule has 1 amide bonds. The summed E-state index contributed by atoms with van der Waals surface area (Å²) < 4.78 is 0. The Hall–Kier alpha value is -2.57. The summed E-state index contributed by atoms with van der Waals surface area (Å²) in [4.78, 5) is 22.0. The summed E-state index contributed by atoms with van der Waals surface area (Å²) in [5.74, 6) is 0.703. The van der Waals surface area contributed by atoms with Crippen molar-refractivity contribution in [3.05, 3.63) is 36.3 Å². The van der Waals surface area contributed by atoms with E-state index in [0.717, 1.165) is 18.9 Å². The molecule has 7 nitrogen and oxygen atoms in total. The van der Waals surface area contributed by atoms with Crippen molar-refractivity contribution in [2.45, 2.75) is 12.8 Å². The molecule has 2 aromatic heterocycles. The van der Waals surface area contributed by atoms with E-state index in [-0.39, 0.29) is 17.5 Å². The summed E-state index contributed by atoms with van der Waals surface area (Å²) in [6, 6.07) is 5.16. The van der Waals surface area contributed by atoms with E-state index in [1.165, 1.54) is 12.8 Å². The van der Waals surface area contributed by atoms with Gasteiger partial charge in [0.1, 0.15) is 0 Å². The second kappa shape index (κ2) is 5.60. The molecule has 1 N–H and O–H groups in total. The second-order valence-electron chi connectivity index (χ2n) is 4.50. The molecule has 102 valence electrons. The third-order valence-electron chi connectivity index (χ3n) is 3.10. The van der Waals surface area contributed by atoms with Crippen LogP contribution in [0, 0.1) is 0 Å². The highest BCUT2D eigenvalue weighted by atomic mass is 16.2. The Morgan fingerprint density at radius 1 is 1.10 bits per heavy atom. The van der Waals surface area contributed by atoms with Gasteiger partial charge < -0.3 is 4.90 Å². The highest BCUT2D eigenvalue weighted by Gasteiger charge is 2.15. The van der Waals surface area contributed by atoms with Gasteiger partial charge in [-0.25, -0.2) is 9.97 Å². The lowest BCUT2D eigenvalue weighted by molar-refractivity contribution is 0.102. The van der Waals surface area contributed by atoms with Gasteiger partial charge in [0, 0.05) is 25.5 Å². The Kier molecular flexibility index (Phi) is 3.49. The van der Waals surface area contributed by atoms with Crippen molar-refractivity contribution in [1.82, 2.24) is 20.2 Å². The van der Waals surface area contributed by atoms with E-state index in [4.69, 9.17) is 0 Å². The number of amides is 1. The number of carbonyl (C=O) groups excluding carboxylic acids is 1. The quantitative estimate of drug-likeness (QED) is 0.899. The fourth-order valence-electron chi connectivity index (χ4n) is 2.09. The molecule has 0 unspecified atom stereocenters. The number of nitrogens with one attached hydrogen (secondary N) is 1. The highest BCUT2D eigenvalue weighted by molar-refractivity contribution is 6.01. The Labute approximate surface area is 116 Å². The molecule has 0 radical (unpaired) electrons. The number of aromatic nitrogens is 4. The number of anilines is 2. The zero-order valence-corrected chi connectivity index (χ0v) is 10.9. The average molecular weight is 270 g/mol. The average Bonchev–Trinajstić information content (AvgIpc) is 3.03. The topological polar surface area (TPSA) is 83.9 Å². The first-order valence-electron chi connectivity index (χ1n) is 6.50. The van der Waals surface area contributed by atoms with Crippen molar-refractivity contribution in [3.8, 4) is 0 Å². The van der Waals surface area contributed by atoms with Crippen molar-refractivity contribution in [2.75, 3.05) is 23.3 Å². The van der Waals surface area contributed by atoms with Crippen LogP contribution in [0.15, 0.2) is 30.6 Å². The van der Waals surface area contributed by atoms with E-state index < -0.39 is 0 Å². The number of hydrogen-bond acceptors (Lipinski definition) is 6. The van der Waals surface area contributed by atoms with E-state index in [1.54, 1.807) is 24.5 Å². The minimum absolute atomic E-state index is 0.250. The number of rotatable bonds is 3. The number of carbonyl (C=O) groups is 1. The summed E-state index contributed by atoms with van der Waals surface area (Å²) in [7, 11) is 0. The molecule has 0 bridgehead atoms. The first-order chi connectivity index (χ1) is 9.83. The maximum atomic E-state index is 11.9. The second-order valence-corrected chi connectivity index (χ2v) is 4.50. The Balaban J connectivity index is 1.69. The summed E-state index contributed by atoms with van der Waals surface area (Å²) in [5, 5.41) is 10.6. The third-order valence-corrected chi connectivity index (χ3v) is 3.10. The van der Waals surface area contributed by atoms with Gasteiger partial charge in [-0.1, -0.05) is 0 Å². The van der Waals surface area contributed by atoms with E-state index in [2.05, 4.69) is 30.4 Å². The largest absolute Gasteiger partial charge is 0.355 e. The van der Waals surface area contributed by atoms with E-state index in [0.29, 0.717) is 0 Å². The van der Waals surface area contributed by atoms with Crippen molar-refractivity contribution >= 4 is 17.7 Å². The standard InChI is InChI=1S/C13H14N6O/c20-12(16-13-14-6-3-7-15-13)10-4-5-11(18-17-10)19-8-1-2-9-19/h3-7H,1-2,8-9H2,(H,14,15,16,20). The van der Waals surface area contributed by atoms with Gasteiger partial charge in [0.15, 0.2) is 11.5 Å². The predicted octanol–water partition coefficient (Wildman–Crippen LogP) is 1.12. The lowest BCUT2D eigenvalue weighted by Crippen LogP contribution is -2.21. The molecule has 0 atom stereocenters. The van der Waals surface area contributed by atoms with E-state index >= 15 is 0 Å². The lowest BCUT2D eigenvalue weighted by atomic mass is 10.3. The molecule has 7 heteroatoms. The molecule has 0 aliphatic carbocycles. The number of hydrogen-bond donors (Lipinski definition) is 1. The van der Waals surface area contributed by atoms with Crippen LogP contribution < -0.4 is 10.2 Å². The van der Waals surface area contributed by atoms with Crippen LogP contribution in [-0.4, -0.2) is 39.2 Å². The van der Waals surface area contributed by atoms with Gasteiger partial charge in [-0.2, -0.15) is 0 Å². The predicted molar refractivity (Wildman–Crippen MR) is 73.5 cm³/mol. The first-order valence-corrected chi connectivity index (χ1v) is 6.50. The molecule has 1 saturated heterocycles. The van der Waals surface area contributed by atoms with Gasteiger partial charge in [-0.05, 0) is 31.0 Å². The van der Waals surface area contributed by atoms with Crippen molar-refractivity contribution in [2.24, 2.45) is 0 Å². The zero-order valence-electron chi connectivity index (χ0n) is 10.9. The van der Waals surface area contributed by atoms with Crippen LogP contribution in [0.2, 0.25) is 0 Å². The fourth-order valence-corrected chi connectivity index (χ4v) is 2.09. The maximum Gasteiger partial charge on any atom is 0.278 e. The van der Waals surface area contributed by atoms with Gasteiger partial charge in [0.05, 0.1) is 0 Å². The van der Waals surface area contributed by atoms with Crippen molar-refractivity contribution in [3.63, 3.8) is 0 Å². The molecular formula is C13H14N6O. The van der Waals surface area contributed by atoms with Crippen LogP contribution >= 0.6 is 0 Å². The molecule has 3 rings (SSSR count). The van der Waals surface area contributed by atoms with Crippen LogP contribution in [0.3, 0.4) is 0 Å². The molecule has 0 aromatic carbocycles. The summed E-state index contributed by atoms with van der Waals surface area (Å²) in [6.45, 7) is 2.00. The first kappa shape index (κ1) is 12.5. The summed E-state index contributed by atoms with van der Waals surface area (Å²) in [5.41, 5.74) is 0.250. The van der Waals surface area contributed by atoms with Gasteiger partial charge in [-0.3, -0.25) is 10.1 Å². The molecule has 1 aliphatic heterocycles. The van der Waals surface area contributed by atoms with E-state index in [9.17, 15) is 4.79 Å². The summed E-state index contributed by atoms with van der Waals surface area (Å²) >= 11 is 0. The normalized spacial score (nSPS) is 14.3. The maximum absolute atomic E-state index is 11.9. The van der Waals surface area contributed by atoms with Crippen molar-refractivity contribution in [1.29, 1.82) is 0 Å². The zero-order chi connectivity index (χ0) is 13.8. The minimum Gasteiger partial charge on any atom is -0.355 e. The highest BCUT2D eigenvalue weighted by Crippen LogP contribution is 2.16. The smallest absolute Gasteiger partial charge is 0.278 e. The third kappa shape index (κ3) is 2.71. The van der Waals surface area contributed by atoms with E-state index in [1.807, 2.05) is 6.07 Å². The minimum atomic E-state index is -0.364. The number of nitrogens with zero attached hydrogens (tertiary/aromatic N) is 5. The van der Waals surface area contributed by atoms with Crippen molar-refractivity contribution < 1.29 is 4.79 Å². The Bertz CT molecular complexity index is 580. The monoisotopic (exact) mass is 270 g/mol. The molecule has 0 saturated carbocycles. The van der Waals surface area contributed by atoms with Crippen LogP contribution in [0.4, 0.5) is 11.8 Å². The molecule has 1 fully saturated rings. The Morgan fingerprint density at radius 2 is 1.85 bits per heavy atom. The molecule has 0 spiro atoms. The molecule has 1 aliphatic rings. The summed E-state index contributed by atoms with van der Waals surface area (Å²) in [6.07, 6.45) is 5.47. The van der Waals surface area contributed by atoms with Gasteiger partial charge in [-0.15, -0.1) is 10.2 Å². The van der Waals surface area contributed by atoms with Crippen LogP contribution in [0.5, 0.6) is 0 Å². The van der Waals surface area contributed by atoms with Gasteiger partial charge in [0.25, 0.3) is 5.91 Å². The molecular weight excluding hydrogens is 256 g/mol. The molecule has 20 heavy (non-hydrogen) atoms.